The molecule has 2 rings (SSSR count). The SMILES string of the molecule is Cc1nc2c(F)cc(Br)c(F)c2c(NN)c1C. The topological polar surface area (TPSA) is 50.9 Å². The van der Waals surface area contributed by atoms with E-state index in [1.54, 1.807) is 13.8 Å². The Hall–Kier alpha value is -1.27. The fourth-order valence-electron chi connectivity index (χ4n) is 1.72. The van der Waals surface area contributed by atoms with Crippen molar-refractivity contribution in [2.24, 2.45) is 5.84 Å². The number of nitrogen functional groups attached to an aromatic ring is 1. The van der Waals surface area contributed by atoms with Gasteiger partial charge in [0.15, 0.2) is 5.82 Å². The van der Waals surface area contributed by atoms with Gasteiger partial charge in [-0.15, -0.1) is 0 Å². The molecule has 3 N–H and O–H groups in total. The molecular weight excluding hydrogens is 292 g/mol. The lowest BCUT2D eigenvalue weighted by Gasteiger charge is -2.13. The molecule has 0 aliphatic rings. The van der Waals surface area contributed by atoms with Gasteiger partial charge in [-0.2, -0.15) is 0 Å². The Morgan fingerprint density at radius 3 is 2.59 bits per heavy atom. The zero-order chi connectivity index (χ0) is 12.7. The molecule has 0 saturated heterocycles. The number of hydrazine groups is 1. The second-order valence-corrected chi connectivity index (χ2v) is 4.57. The van der Waals surface area contributed by atoms with Gasteiger partial charge in [0.2, 0.25) is 0 Å². The van der Waals surface area contributed by atoms with Crippen molar-refractivity contribution in [3.05, 3.63) is 33.4 Å². The van der Waals surface area contributed by atoms with Gasteiger partial charge >= 0.3 is 0 Å². The number of nitrogens with one attached hydrogen (secondary N) is 1. The molecule has 1 heterocycles. The number of halogens is 3. The molecular formula is C11H10BrF2N3. The van der Waals surface area contributed by atoms with Gasteiger partial charge < -0.3 is 5.43 Å². The summed E-state index contributed by atoms with van der Waals surface area (Å²) in [5.41, 5.74) is 4.03. The molecule has 3 nitrogen and oxygen atoms in total. The van der Waals surface area contributed by atoms with Gasteiger partial charge in [-0.3, -0.25) is 5.84 Å². The predicted molar refractivity (Wildman–Crippen MR) is 66.6 cm³/mol. The third-order valence-electron chi connectivity index (χ3n) is 2.74. The first-order valence-corrected chi connectivity index (χ1v) is 5.67. The van der Waals surface area contributed by atoms with Gasteiger partial charge in [-0.1, -0.05) is 0 Å². The summed E-state index contributed by atoms with van der Waals surface area (Å²) in [7, 11) is 0. The molecule has 0 fully saturated rings. The summed E-state index contributed by atoms with van der Waals surface area (Å²) in [5.74, 6) is 4.20. The molecule has 0 radical (unpaired) electrons. The number of anilines is 1. The van der Waals surface area contributed by atoms with Crippen molar-refractivity contribution < 1.29 is 8.78 Å². The molecule has 0 saturated carbocycles. The van der Waals surface area contributed by atoms with Crippen LogP contribution in [0.3, 0.4) is 0 Å². The van der Waals surface area contributed by atoms with E-state index < -0.39 is 11.6 Å². The van der Waals surface area contributed by atoms with Crippen LogP contribution in [0.25, 0.3) is 10.9 Å². The highest BCUT2D eigenvalue weighted by Gasteiger charge is 2.18. The van der Waals surface area contributed by atoms with Crippen molar-refractivity contribution in [2.75, 3.05) is 5.43 Å². The minimum atomic E-state index is -0.590. The molecule has 1 aromatic heterocycles. The molecule has 1 aromatic carbocycles. The normalized spacial score (nSPS) is 10.9. The van der Waals surface area contributed by atoms with E-state index in [1.807, 2.05) is 0 Å². The number of aromatic nitrogens is 1. The highest BCUT2D eigenvalue weighted by atomic mass is 79.9. The number of rotatable bonds is 1. The van der Waals surface area contributed by atoms with Gasteiger partial charge in [0, 0.05) is 5.69 Å². The number of hydrogen-bond donors (Lipinski definition) is 2. The van der Waals surface area contributed by atoms with E-state index in [-0.39, 0.29) is 15.4 Å². The van der Waals surface area contributed by atoms with Crippen molar-refractivity contribution in [1.82, 2.24) is 4.98 Å². The minimum Gasteiger partial charge on any atom is -0.323 e. The average Bonchev–Trinajstić information content (AvgIpc) is 2.28. The highest BCUT2D eigenvalue weighted by Crippen LogP contribution is 2.34. The Morgan fingerprint density at radius 1 is 1.35 bits per heavy atom. The number of aryl methyl sites for hydroxylation is 1. The van der Waals surface area contributed by atoms with Crippen molar-refractivity contribution >= 4 is 32.5 Å². The Labute approximate surface area is 105 Å². The van der Waals surface area contributed by atoms with Crippen LogP contribution in [0.1, 0.15) is 11.3 Å². The maximum Gasteiger partial charge on any atom is 0.150 e. The third-order valence-corrected chi connectivity index (χ3v) is 3.31. The summed E-state index contributed by atoms with van der Waals surface area (Å²) in [4.78, 5) is 4.05. The Bertz CT molecular complexity index is 614. The van der Waals surface area contributed by atoms with Crippen LogP contribution < -0.4 is 11.3 Å². The van der Waals surface area contributed by atoms with E-state index in [0.29, 0.717) is 16.9 Å². The molecule has 0 aliphatic heterocycles. The van der Waals surface area contributed by atoms with E-state index in [4.69, 9.17) is 5.84 Å². The fraction of sp³-hybridized carbons (Fsp3) is 0.182. The van der Waals surface area contributed by atoms with Gasteiger partial charge in [-0.05, 0) is 41.4 Å². The summed E-state index contributed by atoms with van der Waals surface area (Å²) in [6.07, 6.45) is 0. The summed E-state index contributed by atoms with van der Waals surface area (Å²) in [5, 5.41) is 0.0578. The Kier molecular flexibility index (Phi) is 3.01. The maximum atomic E-state index is 14.0. The standard InChI is InChI=1S/C11H10BrF2N3/c1-4-5(2)16-11-7(13)3-6(12)9(14)8(11)10(4)17-15/h3H,15H2,1-2H3,(H,16,17). The van der Waals surface area contributed by atoms with E-state index >= 15 is 0 Å². The highest BCUT2D eigenvalue weighted by molar-refractivity contribution is 9.10. The monoisotopic (exact) mass is 301 g/mol. The van der Waals surface area contributed by atoms with Gasteiger partial charge in [-0.25, -0.2) is 13.8 Å². The van der Waals surface area contributed by atoms with Crippen molar-refractivity contribution in [3.63, 3.8) is 0 Å². The Morgan fingerprint density at radius 2 is 2.00 bits per heavy atom. The molecule has 0 bridgehead atoms. The number of nitrogens with two attached hydrogens (primary N) is 1. The summed E-state index contributed by atoms with van der Waals surface area (Å²) in [6.45, 7) is 3.46. The number of pyridine rings is 1. The molecule has 2 aromatic rings. The lowest BCUT2D eigenvalue weighted by molar-refractivity contribution is 0.609. The van der Waals surface area contributed by atoms with Crippen LogP contribution in [0.2, 0.25) is 0 Å². The smallest absolute Gasteiger partial charge is 0.150 e. The molecule has 0 aliphatic carbocycles. The quantitative estimate of drug-likeness (QED) is 0.483. The van der Waals surface area contributed by atoms with Crippen molar-refractivity contribution in [1.29, 1.82) is 0 Å². The second-order valence-electron chi connectivity index (χ2n) is 3.72. The third kappa shape index (κ3) is 1.77. The second kappa shape index (κ2) is 4.19. The van der Waals surface area contributed by atoms with Crippen molar-refractivity contribution in [2.45, 2.75) is 13.8 Å². The lowest BCUT2D eigenvalue weighted by Crippen LogP contribution is -2.11. The maximum absolute atomic E-state index is 14.0. The van der Waals surface area contributed by atoms with Crippen LogP contribution in [-0.4, -0.2) is 4.98 Å². The van der Waals surface area contributed by atoms with Crippen LogP contribution in [-0.2, 0) is 0 Å². The van der Waals surface area contributed by atoms with Gasteiger partial charge in [0.1, 0.15) is 11.3 Å². The minimum absolute atomic E-state index is 0.0262. The van der Waals surface area contributed by atoms with E-state index in [1.165, 1.54) is 0 Å². The largest absolute Gasteiger partial charge is 0.323 e. The summed E-state index contributed by atoms with van der Waals surface area (Å²) < 4.78 is 27.8. The number of hydrogen-bond acceptors (Lipinski definition) is 3. The zero-order valence-electron chi connectivity index (χ0n) is 9.24. The summed E-state index contributed by atoms with van der Waals surface area (Å²) >= 11 is 2.96. The first-order chi connectivity index (χ1) is 7.97. The molecule has 0 atom stereocenters. The Balaban J connectivity index is 3.06. The van der Waals surface area contributed by atoms with E-state index in [9.17, 15) is 8.78 Å². The molecule has 17 heavy (non-hydrogen) atoms. The first-order valence-electron chi connectivity index (χ1n) is 4.88. The van der Waals surface area contributed by atoms with Gasteiger partial charge in [0.25, 0.3) is 0 Å². The molecule has 0 unspecified atom stereocenters. The number of fused-ring (bicyclic) bond motifs is 1. The molecule has 6 heteroatoms. The molecule has 90 valence electrons. The molecule has 0 amide bonds. The first kappa shape index (κ1) is 12.2. The number of benzene rings is 1. The van der Waals surface area contributed by atoms with E-state index in [0.717, 1.165) is 6.07 Å². The van der Waals surface area contributed by atoms with Crippen LogP contribution in [0.4, 0.5) is 14.5 Å². The van der Waals surface area contributed by atoms with Crippen molar-refractivity contribution in [3.8, 4) is 0 Å². The van der Waals surface area contributed by atoms with E-state index in [2.05, 4.69) is 26.3 Å². The average molecular weight is 302 g/mol. The lowest BCUT2D eigenvalue weighted by atomic mass is 10.1. The summed E-state index contributed by atoms with van der Waals surface area (Å²) in [6, 6.07) is 1.06. The molecule has 0 spiro atoms. The predicted octanol–water partition coefficient (Wildman–Crippen LogP) is 3.18. The van der Waals surface area contributed by atoms with Crippen LogP contribution in [0.5, 0.6) is 0 Å². The van der Waals surface area contributed by atoms with Gasteiger partial charge in [0.05, 0.1) is 15.5 Å². The number of nitrogens with zero attached hydrogens (tertiary/aromatic N) is 1. The van der Waals surface area contributed by atoms with Crippen LogP contribution in [0.15, 0.2) is 10.5 Å². The van der Waals surface area contributed by atoms with Crippen LogP contribution >= 0.6 is 15.9 Å². The van der Waals surface area contributed by atoms with Crippen LogP contribution in [0, 0.1) is 25.5 Å². The fourth-order valence-corrected chi connectivity index (χ4v) is 2.12. The zero-order valence-corrected chi connectivity index (χ0v) is 10.8.